The van der Waals surface area contributed by atoms with Gasteiger partial charge in [0.05, 0.1) is 18.2 Å². The van der Waals surface area contributed by atoms with E-state index < -0.39 is 11.9 Å². The van der Waals surface area contributed by atoms with Crippen LogP contribution in [0.5, 0.6) is 5.75 Å². The molecular weight excluding hydrogens is 348 g/mol. The normalized spacial score (nSPS) is 10.2. The number of ether oxygens (including phenoxy) is 2. The van der Waals surface area contributed by atoms with Crippen molar-refractivity contribution in [2.45, 2.75) is 13.8 Å². The predicted molar refractivity (Wildman–Crippen MR) is 86.4 cm³/mol. The Labute approximate surface area is 137 Å². The number of benzene rings is 2. The zero-order valence-corrected chi connectivity index (χ0v) is 14.1. The summed E-state index contributed by atoms with van der Waals surface area (Å²) in [7, 11) is 1.33. The zero-order chi connectivity index (χ0) is 16.3. The highest BCUT2D eigenvalue weighted by Crippen LogP contribution is 2.26. The molecule has 0 atom stereocenters. The van der Waals surface area contributed by atoms with Crippen molar-refractivity contribution < 1.29 is 19.1 Å². The molecule has 4 nitrogen and oxygen atoms in total. The van der Waals surface area contributed by atoms with Gasteiger partial charge in [0.25, 0.3) is 0 Å². The lowest BCUT2D eigenvalue weighted by atomic mass is 10.1. The minimum absolute atomic E-state index is 0.420. The van der Waals surface area contributed by atoms with Crippen molar-refractivity contribution in [3.8, 4) is 5.75 Å². The topological polar surface area (TPSA) is 52.6 Å². The molecule has 114 valence electrons. The second-order valence-electron chi connectivity index (χ2n) is 4.83. The summed E-state index contributed by atoms with van der Waals surface area (Å²) in [4.78, 5) is 23.8. The zero-order valence-electron chi connectivity index (χ0n) is 12.5. The van der Waals surface area contributed by atoms with Crippen LogP contribution in [-0.4, -0.2) is 19.0 Å². The minimum Gasteiger partial charge on any atom is -0.465 e. The molecule has 0 aliphatic heterocycles. The fraction of sp³-hybridized carbons (Fsp3) is 0.176. The van der Waals surface area contributed by atoms with Gasteiger partial charge in [-0.2, -0.15) is 0 Å². The van der Waals surface area contributed by atoms with Crippen molar-refractivity contribution in [1.82, 2.24) is 0 Å². The van der Waals surface area contributed by atoms with Gasteiger partial charge < -0.3 is 9.47 Å². The Kier molecular flexibility index (Phi) is 4.98. The van der Waals surface area contributed by atoms with Gasteiger partial charge in [-0.1, -0.05) is 22.0 Å². The smallest absolute Gasteiger partial charge is 0.343 e. The number of carbonyl (C=O) groups excluding carboxylic acids is 2. The van der Waals surface area contributed by atoms with Crippen molar-refractivity contribution in [3.05, 3.63) is 63.1 Å². The van der Waals surface area contributed by atoms with Crippen LogP contribution >= 0.6 is 15.9 Å². The van der Waals surface area contributed by atoms with Gasteiger partial charge >= 0.3 is 11.9 Å². The van der Waals surface area contributed by atoms with Gasteiger partial charge in [-0.05, 0) is 55.3 Å². The highest BCUT2D eigenvalue weighted by Gasteiger charge is 2.16. The molecule has 0 heterocycles. The van der Waals surface area contributed by atoms with Crippen LogP contribution in [-0.2, 0) is 4.74 Å². The van der Waals surface area contributed by atoms with Crippen LogP contribution in [0.25, 0.3) is 0 Å². The molecule has 0 fully saturated rings. The average molecular weight is 363 g/mol. The first kappa shape index (κ1) is 16.2. The van der Waals surface area contributed by atoms with Crippen LogP contribution in [0.2, 0.25) is 0 Å². The molecule has 0 bridgehead atoms. The first-order valence-electron chi connectivity index (χ1n) is 6.59. The van der Waals surface area contributed by atoms with E-state index in [1.54, 1.807) is 44.2 Å². The third-order valence-electron chi connectivity index (χ3n) is 3.14. The van der Waals surface area contributed by atoms with E-state index in [4.69, 9.17) is 9.47 Å². The average Bonchev–Trinajstić information content (AvgIpc) is 2.49. The number of hydrogen-bond acceptors (Lipinski definition) is 4. The highest BCUT2D eigenvalue weighted by atomic mass is 79.9. The predicted octanol–water partition coefficient (Wildman–Crippen LogP) is 4.07. The summed E-state index contributed by atoms with van der Waals surface area (Å²) in [6.45, 7) is 3.56. The van der Waals surface area contributed by atoms with Gasteiger partial charge in [-0.25, -0.2) is 9.59 Å². The summed E-state index contributed by atoms with van der Waals surface area (Å²) in [5.74, 6) is -0.410. The van der Waals surface area contributed by atoms with Crippen LogP contribution in [0.4, 0.5) is 0 Å². The van der Waals surface area contributed by atoms with Gasteiger partial charge in [0.1, 0.15) is 5.75 Å². The summed E-state index contributed by atoms with van der Waals surface area (Å²) in [5.41, 5.74) is 2.28. The number of halogens is 1. The lowest BCUT2D eigenvalue weighted by molar-refractivity contribution is 0.0600. The largest absolute Gasteiger partial charge is 0.465 e. The molecule has 0 spiro atoms. The lowest BCUT2D eigenvalue weighted by Crippen LogP contribution is -2.11. The second kappa shape index (κ2) is 6.75. The molecule has 5 heteroatoms. The van der Waals surface area contributed by atoms with E-state index in [1.165, 1.54) is 7.11 Å². The van der Waals surface area contributed by atoms with E-state index in [9.17, 15) is 9.59 Å². The van der Waals surface area contributed by atoms with Crippen LogP contribution in [0.15, 0.2) is 40.9 Å². The molecule has 0 aromatic heterocycles. The van der Waals surface area contributed by atoms with E-state index in [0.29, 0.717) is 28.0 Å². The Hall–Kier alpha value is -2.14. The third-order valence-corrected chi connectivity index (χ3v) is 3.63. The Morgan fingerprint density at radius 2 is 1.59 bits per heavy atom. The van der Waals surface area contributed by atoms with E-state index in [-0.39, 0.29) is 0 Å². The van der Waals surface area contributed by atoms with Gasteiger partial charge in [0.2, 0.25) is 0 Å². The van der Waals surface area contributed by atoms with Gasteiger partial charge in [-0.15, -0.1) is 0 Å². The maximum Gasteiger partial charge on any atom is 0.343 e. The van der Waals surface area contributed by atoms with Crippen molar-refractivity contribution in [1.29, 1.82) is 0 Å². The van der Waals surface area contributed by atoms with E-state index in [1.807, 2.05) is 6.07 Å². The molecule has 2 aromatic carbocycles. The van der Waals surface area contributed by atoms with E-state index in [2.05, 4.69) is 15.9 Å². The molecule has 0 aliphatic rings. The standard InChI is InChI=1S/C17H15BrO4/c1-10-7-13(16(19)21-3)8-11(2)15(10)22-17(20)12-5-4-6-14(18)9-12/h4-9H,1-3H3. The number of aryl methyl sites for hydroxylation is 2. The fourth-order valence-electron chi connectivity index (χ4n) is 2.11. The maximum absolute atomic E-state index is 12.2. The molecule has 0 aliphatic carbocycles. The molecular formula is C17H15BrO4. The van der Waals surface area contributed by atoms with Gasteiger partial charge in [0, 0.05) is 4.47 Å². The van der Waals surface area contributed by atoms with Crippen LogP contribution in [0.3, 0.4) is 0 Å². The van der Waals surface area contributed by atoms with Gasteiger partial charge in [0.15, 0.2) is 0 Å². The van der Waals surface area contributed by atoms with Crippen LogP contribution in [0, 0.1) is 13.8 Å². The Balaban J connectivity index is 2.30. The summed E-state index contributed by atoms with van der Waals surface area (Å²) in [6, 6.07) is 10.3. The molecule has 0 N–H and O–H groups in total. The van der Waals surface area contributed by atoms with Crippen molar-refractivity contribution in [2.24, 2.45) is 0 Å². The Morgan fingerprint density at radius 1 is 0.955 bits per heavy atom. The number of hydrogen-bond donors (Lipinski definition) is 0. The summed E-state index contributed by atoms with van der Waals surface area (Å²) >= 11 is 3.32. The summed E-state index contributed by atoms with van der Waals surface area (Å²) in [6.07, 6.45) is 0. The number of esters is 2. The molecule has 0 amide bonds. The number of methoxy groups -OCH3 is 1. The van der Waals surface area contributed by atoms with E-state index >= 15 is 0 Å². The van der Waals surface area contributed by atoms with Crippen molar-refractivity contribution in [3.63, 3.8) is 0 Å². The Bertz CT molecular complexity index is 714. The molecule has 0 unspecified atom stereocenters. The summed E-state index contributed by atoms with van der Waals surface area (Å²) < 4.78 is 11.0. The third kappa shape index (κ3) is 3.54. The highest BCUT2D eigenvalue weighted by molar-refractivity contribution is 9.10. The quantitative estimate of drug-likeness (QED) is 0.609. The van der Waals surface area contributed by atoms with Crippen LogP contribution < -0.4 is 4.74 Å². The maximum atomic E-state index is 12.2. The molecule has 0 saturated carbocycles. The monoisotopic (exact) mass is 362 g/mol. The Morgan fingerprint density at radius 3 is 2.14 bits per heavy atom. The molecule has 2 aromatic rings. The fourth-order valence-corrected chi connectivity index (χ4v) is 2.51. The first-order valence-corrected chi connectivity index (χ1v) is 7.39. The molecule has 0 radical (unpaired) electrons. The lowest BCUT2D eigenvalue weighted by Gasteiger charge is -2.12. The molecule has 2 rings (SSSR count). The molecule has 0 saturated heterocycles. The van der Waals surface area contributed by atoms with Crippen molar-refractivity contribution >= 4 is 27.9 Å². The van der Waals surface area contributed by atoms with Crippen molar-refractivity contribution in [2.75, 3.05) is 7.11 Å². The minimum atomic E-state index is -0.446. The second-order valence-corrected chi connectivity index (χ2v) is 5.75. The first-order chi connectivity index (χ1) is 10.4. The van der Waals surface area contributed by atoms with Gasteiger partial charge in [-0.3, -0.25) is 0 Å². The van der Waals surface area contributed by atoms with Crippen LogP contribution in [0.1, 0.15) is 31.8 Å². The number of rotatable bonds is 3. The number of carbonyl (C=O) groups is 2. The van der Waals surface area contributed by atoms with E-state index in [0.717, 1.165) is 4.47 Å². The summed E-state index contributed by atoms with van der Waals surface area (Å²) in [5, 5.41) is 0. The SMILES string of the molecule is COC(=O)c1cc(C)c(OC(=O)c2cccc(Br)c2)c(C)c1. The molecule has 22 heavy (non-hydrogen) atoms.